The maximum Gasteiger partial charge on any atom is 0.314 e. The summed E-state index contributed by atoms with van der Waals surface area (Å²) in [6.45, 7) is 3.47. The summed E-state index contributed by atoms with van der Waals surface area (Å²) >= 11 is 3.31. The minimum absolute atomic E-state index is 0.211. The topological polar surface area (TPSA) is 78.5 Å². The largest absolute Gasteiger partial charge is 0.338 e. The van der Waals surface area contributed by atoms with E-state index in [1.165, 1.54) is 4.90 Å². The Morgan fingerprint density at radius 2 is 1.71 bits per heavy atom. The highest BCUT2D eigenvalue weighted by Crippen LogP contribution is 2.25. The Balaban J connectivity index is 1.73. The summed E-state index contributed by atoms with van der Waals surface area (Å²) < 4.78 is 0.769. The Morgan fingerprint density at radius 1 is 1.04 bits per heavy atom. The number of hydrogen-bond donors (Lipinski definition) is 2. The highest BCUT2D eigenvalue weighted by Gasteiger charge is 2.34. The SMILES string of the molecule is CCCCCNC(=O)NCCCN1C(=O)c2ccc(Br)cc2C1=O. The summed E-state index contributed by atoms with van der Waals surface area (Å²) in [4.78, 5) is 37.3. The van der Waals surface area contributed by atoms with Crippen molar-refractivity contribution in [2.24, 2.45) is 0 Å². The summed E-state index contributed by atoms with van der Waals surface area (Å²) in [5.74, 6) is -0.549. The number of nitrogens with one attached hydrogen (secondary N) is 2. The fourth-order valence-corrected chi connectivity index (χ4v) is 2.91. The van der Waals surface area contributed by atoms with Crippen LogP contribution in [0.25, 0.3) is 0 Å². The Kier molecular flexibility index (Phi) is 6.78. The highest BCUT2D eigenvalue weighted by molar-refractivity contribution is 9.10. The lowest BCUT2D eigenvalue weighted by Gasteiger charge is -2.14. The van der Waals surface area contributed by atoms with Crippen LogP contribution in [-0.2, 0) is 0 Å². The van der Waals surface area contributed by atoms with Crippen molar-refractivity contribution in [3.8, 4) is 0 Å². The van der Waals surface area contributed by atoms with Gasteiger partial charge < -0.3 is 10.6 Å². The minimum atomic E-state index is -0.277. The van der Waals surface area contributed by atoms with Crippen molar-refractivity contribution in [1.29, 1.82) is 0 Å². The predicted molar refractivity (Wildman–Crippen MR) is 95.1 cm³/mol. The maximum absolute atomic E-state index is 12.3. The number of carbonyl (C=O) groups excluding carboxylic acids is 3. The first-order valence-corrected chi connectivity index (χ1v) is 9.01. The van der Waals surface area contributed by atoms with Gasteiger partial charge in [-0.2, -0.15) is 0 Å². The molecule has 0 fully saturated rings. The van der Waals surface area contributed by atoms with E-state index < -0.39 is 0 Å². The molecule has 6 nitrogen and oxygen atoms in total. The van der Waals surface area contributed by atoms with Crippen LogP contribution in [0.4, 0.5) is 4.79 Å². The second kappa shape index (κ2) is 8.82. The number of unbranched alkanes of at least 4 members (excludes halogenated alkanes) is 2. The van der Waals surface area contributed by atoms with Crippen molar-refractivity contribution in [2.75, 3.05) is 19.6 Å². The Morgan fingerprint density at radius 3 is 2.42 bits per heavy atom. The van der Waals surface area contributed by atoms with E-state index in [0.29, 0.717) is 37.2 Å². The summed E-state index contributed by atoms with van der Waals surface area (Å²) in [5.41, 5.74) is 0.862. The van der Waals surface area contributed by atoms with Crippen LogP contribution in [0.15, 0.2) is 22.7 Å². The molecule has 7 heteroatoms. The molecule has 0 radical (unpaired) electrons. The fraction of sp³-hybridized carbons (Fsp3) is 0.471. The van der Waals surface area contributed by atoms with Gasteiger partial charge in [0.2, 0.25) is 0 Å². The molecule has 2 rings (SSSR count). The van der Waals surface area contributed by atoms with E-state index in [9.17, 15) is 14.4 Å². The molecule has 1 heterocycles. The molecule has 0 saturated heterocycles. The van der Waals surface area contributed by atoms with Gasteiger partial charge in [-0.3, -0.25) is 14.5 Å². The summed E-state index contributed by atoms with van der Waals surface area (Å²) in [7, 11) is 0. The third kappa shape index (κ3) is 4.56. The van der Waals surface area contributed by atoms with Crippen molar-refractivity contribution < 1.29 is 14.4 Å². The number of rotatable bonds is 8. The molecular formula is C17H22BrN3O3. The van der Waals surface area contributed by atoms with Gasteiger partial charge in [-0.1, -0.05) is 35.7 Å². The number of halogens is 1. The number of hydrogen-bond acceptors (Lipinski definition) is 3. The third-order valence-corrected chi connectivity index (χ3v) is 4.34. The van der Waals surface area contributed by atoms with E-state index in [-0.39, 0.29) is 17.8 Å². The van der Waals surface area contributed by atoms with E-state index in [2.05, 4.69) is 33.5 Å². The molecule has 130 valence electrons. The molecule has 0 saturated carbocycles. The zero-order valence-electron chi connectivity index (χ0n) is 13.7. The second-order valence-electron chi connectivity index (χ2n) is 5.70. The molecule has 0 aromatic heterocycles. The molecule has 1 aromatic rings. The van der Waals surface area contributed by atoms with Gasteiger partial charge in [0.1, 0.15) is 0 Å². The Hall–Kier alpha value is -1.89. The quantitative estimate of drug-likeness (QED) is 0.524. The highest BCUT2D eigenvalue weighted by atomic mass is 79.9. The third-order valence-electron chi connectivity index (χ3n) is 3.84. The molecule has 0 bridgehead atoms. The minimum Gasteiger partial charge on any atom is -0.338 e. The van der Waals surface area contributed by atoms with Crippen molar-refractivity contribution in [3.05, 3.63) is 33.8 Å². The van der Waals surface area contributed by atoms with Crippen molar-refractivity contribution in [1.82, 2.24) is 15.5 Å². The van der Waals surface area contributed by atoms with Crippen LogP contribution in [0.1, 0.15) is 53.3 Å². The number of nitrogens with zero attached hydrogens (tertiary/aromatic N) is 1. The van der Waals surface area contributed by atoms with Crippen LogP contribution in [0.2, 0.25) is 0 Å². The van der Waals surface area contributed by atoms with Crippen molar-refractivity contribution in [3.63, 3.8) is 0 Å². The number of carbonyl (C=O) groups is 3. The van der Waals surface area contributed by atoms with Gasteiger partial charge >= 0.3 is 6.03 Å². The lowest BCUT2D eigenvalue weighted by molar-refractivity contribution is 0.0653. The maximum atomic E-state index is 12.3. The first kappa shape index (κ1) is 18.4. The first-order chi connectivity index (χ1) is 11.5. The van der Waals surface area contributed by atoms with Gasteiger partial charge in [-0.25, -0.2) is 4.79 Å². The summed E-state index contributed by atoms with van der Waals surface area (Å²) in [6, 6.07) is 4.86. The molecule has 4 amide bonds. The van der Waals surface area contributed by atoms with E-state index in [4.69, 9.17) is 0 Å². The smallest absolute Gasteiger partial charge is 0.314 e. The number of urea groups is 1. The zero-order chi connectivity index (χ0) is 17.5. The van der Waals surface area contributed by atoms with E-state index >= 15 is 0 Å². The average Bonchev–Trinajstić information content (AvgIpc) is 2.79. The predicted octanol–water partition coefficient (Wildman–Crippen LogP) is 2.92. The van der Waals surface area contributed by atoms with E-state index in [0.717, 1.165) is 23.7 Å². The molecule has 2 N–H and O–H groups in total. The number of benzene rings is 1. The lowest BCUT2D eigenvalue weighted by atomic mass is 10.1. The summed E-state index contributed by atoms with van der Waals surface area (Å²) in [5, 5.41) is 5.52. The standard InChI is InChI=1S/C17H22BrN3O3/c1-2-3-4-8-19-17(24)20-9-5-10-21-15(22)13-7-6-12(18)11-14(13)16(21)23/h6-7,11H,2-5,8-10H2,1H3,(H2,19,20,24). The first-order valence-electron chi connectivity index (χ1n) is 8.22. The van der Waals surface area contributed by atoms with Crippen molar-refractivity contribution in [2.45, 2.75) is 32.6 Å². The zero-order valence-corrected chi connectivity index (χ0v) is 15.3. The fourth-order valence-electron chi connectivity index (χ4n) is 2.54. The lowest BCUT2D eigenvalue weighted by Crippen LogP contribution is -2.38. The molecule has 0 aliphatic carbocycles. The van der Waals surface area contributed by atoms with Gasteiger partial charge in [0.05, 0.1) is 11.1 Å². The average molecular weight is 396 g/mol. The normalized spacial score (nSPS) is 13.2. The summed E-state index contributed by atoms with van der Waals surface area (Å²) in [6.07, 6.45) is 3.69. The van der Waals surface area contributed by atoms with Crippen LogP contribution in [0.5, 0.6) is 0 Å². The van der Waals surface area contributed by atoms with Gasteiger partial charge in [0.15, 0.2) is 0 Å². The molecule has 1 aliphatic rings. The number of imide groups is 1. The molecule has 24 heavy (non-hydrogen) atoms. The van der Waals surface area contributed by atoms with Crippen molar-refractivity contribution >= 4 is 33.8 Å². The van der Waals surface area contributed by atoms with Gasteiger partial charge in [-0.05, 0) is 31.0 Å². The Bertz CT molecular complexity index is 634. The monoisotopic (exact) mass is 395 g/mol. The van der Waals surface area contributed by atoms with Gasteiger partial charge in [0.25, 0.3) is 11.8 Å². The molecule has 0 unspecified atom stereocenters. The van der Waals surface area contributed by atoms with Gasteiger partial charge in [0, 0.05) is 24.1 Å². The molecule has 1 aromatic carbocycles. The van der Waals surface area contributed by atoms with Crippen LogP contribution in [-0.4, -0.2) is 42.4 Å². The van der Waals surface area contributed by atoms with Crippen LogP contribution >= 0.6 is 15.9 Å². The number of amides is 4. The van der Waals surface area contributed by atoms with Gasteiger partial charge in [-0.15, -0.1) is 0 Å². The van der Waals surface area contributed by atoms with Crippen LogP contribution in [0.3, 0.4) is 0 Å². The molecule has 0 spiro atoms. The molecular weight excluding hydrogens is 374 g/mol. The van der Waals surface area contributed by atoms with Crippen LogP contribution in [0, 0.1) is 0 Å². The Labute approximate surface area is 150 Å². The van der Waals surface area contributed by atoms with Crippen LogP contribution < -0.4 is 10.6 Å². The number of fused-ring (bicyclic) bond motifs is 1. The van der Waals surface area contributed by atoms with E-state index in [1.807, 2.05) is 0 Å². The van der Waals surface area contributed by atoms with E-state index in [1.54, 1.807) is 18.2 Å². The second-order valence-corrected chi connectivity index (χ2v) is 6.61. The molecule has 0 atom stereocenters. The molecule has 1 aliphatic heterocycles.